The van der Waals surface area contributed by atoms with Crippen molar-refractivity contribution in [3.63, 3.8) is 0 Å². The molecule has 3 rings (SSSR count). The summed E-state index contributed by atoms with van der Waals surface area (Å²) >= 11 is 0. The molecule has 0 aliphatic heterocycles. The Bertz CT molecular complexity index is 919. The molecule has 4 heteroatoms. The lowest BCUT2D eigenvalue weighted by Gasteiger charge is -2.13. The minimum Gasteiger partial charge on any atom is -0.285 e. The molecule has 0 N–H and O–H groups in total. The number of hydrogen-bond donors (Lipinski definition) is 0. The number of alkyl halides is 3. The van der Waals surface area contributed by atoms with Crippen LogP contribution in [0.15, 0.2) is 48.5 Å². The van der Waals surface area contributed by atoms with Gasteiger partial charge in [0.05, 0.1) is 5.56 Å². The molecule has 0 bridgehead atoms. The average Bonchev–Trinajstić information content (AvgIpc) is 3.20. The van der Waals surface area contributed by atoms with E-state index in [-0.39, 0.29) is 16.9 Å². The Morgan fingerprint density at radius 3 is 2.47 bits per heavy atom. The largest absolute Gasteiger partial charge is 0.417 e. The lowest BCUT2D eigenvalue weighted by Crippen LogP contribution is -2.07. The summed E-state index contributed by atoms with van der Waals surface area (Å²) in [5.41, 5.74) is 0.0798. The molecule has 0 aromatic heterocycles. The normalized spacial score (nSPS) is 18.7. The second-order valence-corrected chi connectivity index (χ2v) is 8.14. The number of hydrogen-bond acceptors (Lipinski definition) is 1. The van der Waals surface area contributed by atoms with Crippen molar-refractivity contribution in [3.05, 3.63) is 59.7 Å². The third-order valence-corrected chi connectivity index (χ3v) is 6.00. The van der Waals surface area contributed by atoms with E-state index in [4.69, 9.17) is 0 Å². The molecule has 30 heavy (non-hydrogen) atoms. The maximum Gasteiger partial charge on any atom is 0.417 e. The first-order valence-corrected chi connectivity index (χ1v) is 10.7. The third-order valence-electron chi connectivity index (χ3n) is 6.00. The Hall–Kier alpha value is -2.54. The quantitative estimate of drug-likeness (QED) is 0.455. The smallest absolute Gasteiger partial charge is 0.285 e. The van der Waals surface area contributed by atoms with E-state index in [1.807, 2.05) is 0 Å². The molecule has 158 valence electrons. The van der Waals surface area contributed by atoms with Gasteiger partial charge in [-0.15, -0.1) is 0 Å². The van der Waals surface area contributed by atoms with Gasteiger partial charge in [0, 0.05) is 12.0 Å². The number of Topliss-reactive ketones (excluding diaryl/α,β-unsaturated/α-hetero) is 1. The Kier molecular flexibility index (Phi) is 7.37. The van der Waals surface area contributed by atoms with Gasteiger partial charge in [0.15, 0.2) is 0 Å². The predicted molar refractivity (Wildman–Crippen MR) is 114 cm³/mol. The lowest BCUT2D eigenvalue weighted by molar-refractivity contribution is -0.137. The van der Waals surface area contributed by atoms with E-state index >= 15 is 0 Å². The highest BCUT2D eigenvalue weighted by Gasteiger charge is 2.33. The van der Waals surface area contributed by atoms with E-state index in [2.05, 4.69) is 18.8 Å². The zero-order chi connectivity index (χ0) is 21.6. The summed E-state index contributed by atoms with van der Waals surface area (Å²) in [4.78, 5) is 12.1. The highest BCUT2D eigenvalue weighted by atomic mass is 19.4. The fourth-order valence-corrected chi connectivity index (χ4v) is 4.29. The van der Waals surface area contributed by atoms with E-state index in [1.54, 1.807) is 36.4 Å². The second kappa shape index (κ2) is 9.98. The van der Waals surface area contributed by atoms with Gasteiger partial charge in [-0.05, 0) is 60.3 Å². The number of benzene rings is 2. The van der Waals surface area contributed by atoms with Crippen LogP contribution in [-0.4, -0.2) is 5.78 Å². The third kappa shape index (κ3) is 5.98. The molecule has 2 aromatic rings. The van der Waals surface area contributed by atoms with Gasteiger partial charge in [-0.25, -0.2) is 0 Å². The monoisotopic (exact) mass is 412 g/mol. The van der Waals surface area contributed by atoms with Crippen molar-refractivity contribution in [2.75, 3.05) is 0 Å². The van der Waals surface area contributed by atoms with E-state index in [1.165, 1.54) is 31.7 Å². The molecule has 2 unspecified atom stereocenters. The van der Waals surface area contributed by atoms with Gasteiger partial charge in [0.2, 0.25) is 5.78 Å². The second-order valence-electron chi connectivity index (χ2n) is 8.14. The molecule has 0 amide bonds. The van der Waals surface area contributed by atoms with Crippen molar-refractivity contribution < 1.29 is 18.0 Å². The molecule has 0 spiro atoms. The summed E-state index contributed by atoms with van der Waals surface area (Å²) < 4.78 is 40.7. The van der Waals surface area contributed by atoms with Gasteiger partial charge in [0.1, 0.15) is 0 Å². The fourth-order valence-electron chi connectivity index (χ4n) is 4.29. The van der Waals surface area contributed by atoms with Crippen LogP contribution in [0.2, 0.25) is 0 Å². The standard InChI is InChI=1S/C26H27F3O/c1-2-19-11-12-20(17-19)7-6-10-23(30)15-13-21-14-16-24(22-8-4-3-5-9-22)25(18-21)26(27,28)29/h3-5,8-9,14,16,18-20H,2,6-7,10-12,17H2,1H3. The van der Waals surface area contributed by atoms with Gasteiger partial charge in [0.25, 0.3) is 0 Å². The van der Waals surface area contributed by atoms with Crippen molar-refractivity contribution in [3.8, 4) is 23.0 Å². The Morgan fingerprint density at radius 2 is 1.80 bits per heavy atom. The van der Waals surface area contributed by atoms with Crippen LogP contribution in [0.25, 0.3) is 11.1 Å². The molecular weight excluding hydrogens is 385 g/mol. The molecule has 1 fully saturated rings. The highest BCUT2D eigenvalue weighted by Crippen LogP contribution is 2.38. The number of rotatable bonds is 6. The number of carbonyl (C=O) groups excluding carboxylic acids is 1. The van der Waals surface area contributed by atoms with Gasteiger partial charge >= 0.3 is 6.18 Å². The van der Waals surface area contributed by atoms with Crippen LogP contribution < -0.4 is 0 Å². The maximum absolute atomic E-state index is 13.6. The molecule has 1 saturated carbocycles. The van der Waals surface area contributed by atoms with Crippen molar-refractivity contribution in [1.29, 1.82) is 0 Å². The first-order chi connectivity index (χ1) is 14.4. The number of ketones is 1. The van der Waals surface area contributed by atoms with Crippen molar-refractivity contribution in [2.45, 2.75) is 58.0 Å². The van der Waals surface area contributed by atoms with Crippen LogP contribution in [0.1, 0.15) is 63.0 Å². The van der Waals surface area contributed by atoms with Gasteiger partial charge in [-0.3, -0.25) is 4.79 Å². The maximum atomic E-state index is 13.6. The lowest BCUT2D eigenvalue weighted by atomic mass is 9.96. The molecule has 1 aliphatic rings. The molecule has 0 radical (unpaired) electrons. The number of carbonyl (C=O) groups is 1. The summed E-state index contributed by atoms with van der Waals surface area (Å²) in [6.07, 6.45) is 2.72. The summed E-state index contributed by atoms with van der Waals surface area (Å²) in [5.74, 6) is 6.48. The molecule has 0 heterocycles. The van der Waals surface area contributed by atoms with Crippen molar-refractivity contribution in [2.24, 2.45) is 11.8 Å². The average molecular weight is 412 g/mol. The van der Waals surface area contributed by atoms with E-state index in [0.29, 0.717) is 17.9 Å². The summed E-state index contributed by atoms with van der Waals surface area (Å²) in [6, 6.07) is 12.5. The van der Waals surface area contributed by atoms with Crippen molar-refractivity contribution >= 4 is 5.78 Å². The zero-order valence-corrected chi connectivity index (χ0v) is 17.3. The van der Waals surface area contributed by atoms with Crippen LogP contribution in [0, 0.1) is 23.7 Å². The van der Waals surface area contributed by atoms with Crippen LogP contribution in [0.4, 0.5) is 13.2 Å². The Balaban J connectivity index is 1.64. The Morgan fingerprint density at radius 1 is 1.07 bits per heavy atom. The number of halogens is 3. The van der Waals surface area contributed by atoms with E-state index in [9.17, 15) is 18.0 Å². The first-order valence-electron chi connectivity index (χ1n) is 10.7. The van der Waals surface area contributed by atoms with Crippen LogP contribution >= 0.6 is 0 Å². The minimum atomic E-state index is -4.50. The summed E-state index contributed by atoms with van der Waals surface area (Å²) in [6.45, 7) is 2.22. The van der Waals surface area contributed by atoms with Crippen LogP contribution in [0.5, 0.6) is 0 Å². The molecule has 2 aromatic carbocycles. The molecule has 1 aliphatic carbocycles. The molecule has 2 atom stereocenters. The Labute approximate surface area is 176 Å². The van der Waals surface area contributed by atoms with Crippen molar-refractivity contribution in [1.82, 2.24) is 0 Å². The predicted octanol–water partition coefficient (Wildman–Crippen LogP) is 7.29. The van der Waals surface area contributed by atoms with Gasteiger partial charge in [-0.1, -0.05) is 68.5 Å². The summed E-state index contributed by atoms with van der Waals surface area (Å²) in [7, 11) is 0. The summed E-state index contributed by atoms with van der Waals surface area (Å²) in [5, 5.41) is 0. The minimum absolute atomic E-state index is 0.113. The molecule has 0 saturated heterocycles. The topological polar surface area (TPSA) is 17.1 Å². The fraction of sp³-hybridized carbons (Fsp3) is 0.423. The SMILES string of the molecule is CCC1CCC(CCCC(=O)C#Cc2ccc(-c3ccccc3)c(C(F)(F)F)c2)C1. The van der Waals surface area contributed by atoms with Crippen LogP contribution in [0.3, 0.4) is 0 Å². The van der Waals surface area contributed by atoms with Gasteiger partial charge in [-0.2, -0.15) is 13.2 Å². The highest BCUT2D eigenvalue weighted by molar-refractivity contribution is 5.96. The zero-order valence-electron chi connectivity index (χ0n) is 17.3. The first kappa shape index (κ1) is 22.2. The molecule has 1 nitrogen and oxygen atoms in total. The van der Waals surface area contributed by atoms with E-state index < -0.39 is 11.7 Å². The van der Waals surface area contributed by atoms with E-state index in [0.717, 1.165) is 24.8 Å². The van der Waals surface area contributed by atoms with Crippen LogP contribution in [-0.2, 0) is 11.0 Å². The van der Waals surface area contributed by atoms with Gasteiger partial charge < -0.3 is 0 Å². The molecular formula is C26H27F3O.